The molecule has 0 spiro atoms. The molecular formula is C12H10ClCo-. The van der Waals surface area contributed by atoms with Crippen LogP contribution in [0, 0.1) is 6.92 Å². The predicted octanol–water partition coefficient (Wildman–Crippen LogP) is 3.87. The molecule has 0 N–H and O–H groups in total. The van der Waals surface area contributed by atoms with Gasteiger partial charge in [-0.2, -0.15) is 6.42 Å². The van der Waals surface area contributed by atoms with Crippen molar-refractivity contribution in [3.8, 4) is 0 Å². The minimum Gasteiger partial charge on any atom is -0.339 e. The van der Waals surface area contributed by atoms with Gasteiger partial charge in [-0.3, -0.25) is 0 Å². The van der Waals surface area contributed by atoms with Crippen molar-refractivity contribution in [1.82, 2.24) is 0 Å². The summed E-state index contributed by atoms with van der Waals surface area (Å²) in [5.41, 5.74) is 1.25. The molecule has 0 saturated heterocycles. The molecule has 0 aliphatic heterocycles. The van der Waals surface area contributed by atoms with E-state index in [1.54, 1.807) is 0 Å². The Labute approximate surface area is 99.5 Å². The Bertz CT molecular complexity index is 437. The van der Waals surface area contributed by atoms with E-state index in [4.69, 9.17) is 11.6 Å². The second-order valence-electron chi connectivity index (χ2n) is 3.08. The maximum Gasteiger partial charge on any atom is 0.0412 e. The van der Waals surface area contributed by atoms with Gasteiger partial charge in [-0.15, -0.1) is 0 Å². The number of halogens is 1. The second-order valence-corrected chi connectivity index (χ2v) is 3.51. The molecule has 0 saturated carbocycles. The van der Waals surface area contributed by atoms with Crippen molar-refractivity contribution in [2.75, 3.05) is 0 Å². The van der Waals surface area contributed by atoms with Gasteiger partial charge in [-0.25, -0.2) is 0 Å². The molecule has 2 heteroatoms. The average Bonchev–Trinajstić information content (AvgIpc) is 2.16. The first kappa shape index (κ1) is 11.6. The van der Waals surface area contributed by atoms with Gasteiger partial charge in [0.2, 0.25) is 0 Å². The number of hydrogen-bond donors (Lipinski definition) is 0. The monoisotopic (exact) mass is 248 g/mol. The number of benzene rings is 2. The molecule has 2 aromatic carbocycles. The predicted molar refractivity (Wildman–Crippen MR) is 58.0 cm³/mol. The van der Waals surface area contributed by atoms with Crippen LogP contribution in [0.15, 0.2) is 36.4 Å². The number of rotatable bonds is 1. The first-order valence-corrected chi connectivity index (χ1v) is 4.65. The van der Waals surface area contributed by atoms with Crippen LogP contribution < -0.4 is 0 Å². The summed E-state index contributed by atoms with van der Waals surface area (Å²) in [6.07, 6.45) is 0.822. The smallest absolute Gasteiger partial charge is 0.0412 e. The molecule has 0 aliphatic carbocycles. The van der Waals surface area contributed by atoms with Crippen LogP contribution in [0.5, 0.6) is 0 Å². The van der Waals surface area contributed by atoms with Crippen molar-refractivity contribution in [3.05, 3.63) is 53.9 Å². The van der Waals surface area contributed by atoms with Gasteiger partial charge in [-0.1, -0.05) is 41.4 Å². The van der Waals surface area contributed by atoms with Crippen LogP contribution in [0.1, 0.15) is 5.56 Å². The molecule has 0 amide bonds. The van der Waals surface area contributed by atoms with Crippen LogP contribution in [0.3, 0.4) is 0 Å². The second kappa shape index (κ2) is 4.83. The zero-order valence-corrected chi connectivity index (χ0v) is 9.39. The Balaban J connectivity index is 0.000000980. The van der Waals surface area contributed by atoms with Crippen LogP contribution in [0.25, 0.3) is 10.8 Å². The molecule has 0 atom stereocenters. The minimum absolute atomic E-state index is 0. The molecule has 0 aliphatic rings. The molecule has 75 valence electrons. The molecule has 0 unspecified atom stereocenters. The van der Waals surface area contributed by atoms with E-state index in [1.165, 1.54) is 16.3 Å². The number of fused-ring (bicyclic) bond motifs is 1. The van der Waals surface area contributed by atoms with Gasteiger partial charge < -0.3 is 6.92 Å². The van der Waals surface area contributed by atoms with Crippen molar-refractivity contribution in [2.45, 2.75) is 6.42 Å². The zero-order chi connectivity index (χ0) is 9.26. The fourth-order valence-corrected chi connectivity index (χ4v) is 1.60. The SMILES string of the molecule is [CH2-]Cc1ccc2ccc(Cl)cc2c1.[Co]. The van der Waals surface area contributed by atoms with E-state index < -0.39 is 0 Å². The third-order valence-corrected chi connectivity index (χ3v) is 2.39. The summed E-state index contributed by atoms with van der Waals surface area (Å²) < 4.78 is 0. The summed E-state index contributed by atoms with van der Waals surface area (Å²) in [6, 6.07) is 12.3. The Kier molecular flexibility index (Phi) is 3.99. The summed E-state index contributed by atoms with van der Waals surface area (Å²) >= 11 is 5.90. The first-order valence-electron chi connectivity index (χ1n) is 4.27. The number of hydrogen-bond acceptors (Lipinski definition) is 0. The van der Waals surface area contributed by atoms with E-state index in [2.05, 4.69) is 25.1 Å². The Hall–Kier alpha value is -0.504. The molecular weight excluding hydrogens is 239 g/mol. The van der Waals surface area contributed by atoms with E-state index in [0.717, 1.165) is 11.4 Å². The topological polar surface area (TPSA) is 0 Å². The molecule has 0 fully saturated rings. The molecule has 0 nitrogen and oxygen atoms in total. The quantitative estimate of drug-likeness (QED) is 0.672. The third kappa shape index (κ3) is 2.29. The summed E-state index contributed by atoms with van der Waals surface area (Å²) in [7, 11) is 0. The van der Waals surface area contributed by atoms with Gasteiger partial charge in [0.25, 0.3) is 0 Å². The van der Waals surface area contributed by atoms with Crippen LogP contribution in [0.2, 0.25) is 5.02 Å². The normalized spacial score (nSPS) is 9.86. The van der Waals surface area contributed by atoms with Crippen LogP contribution >= 0.6 is 11.6 Å². The molecule has 14 heavy (non-hydrogen) atoms. The first-order chi connectivity index (χ1) is 6.29. The van der Waals surface area contributed by atoms with Gasteiger partial charge in [0, 0.05) is 21.8 Å². The molecule has 2 aromatic rings. The summed E-state index contributed by atoms with van der Waals surface area (Å²) in [5.74, 6) is 0. The molecule has 0 aromatic heterocycles. The summed E-state index contributed by atoms with van der Waals surface area (Å²) in [6.45, 7) is 3.85. The van der Waals surface area contributed by atoms with E-state index in [0.29, 0.717) is 0 Å². The van der Waals surface area contributed by atoms with E-state index in [1.807, 2.05) is 18.2 Å². The maximum absolute atomic E-state index is 5.90. The standard InChI is InChI=1S/C12H10Cl.Co/c1-2-9-3-4-10-5-6-12(13)8-11(10)7-9;/h3-8H,1-2H2;/q-1;. The van der Waals surface area contributed by atoms with Gasteiger partial charge in [0.05, 0.1) is 0 Å². The van der Waals surface area contributed by atoms with Gasteiger partial charge >= 0.3 is 0 Å². The fourth-order valence-electron chi connectivity index (χ4n) is 1.42. The van der Waals surface area contributed by atoms with Crippen LogP contribution in [-0.2, 0) is 23.2 Å². The van der Waals surface area contributed by atoms with Gasteiger partial charge in [-0.05, 0) is 22.9 Å². The Morgan fingerprint density at radius 2 is 1.71 bits per heavy atom. The van der Waals surface area contributed by atoms with E-state index in [-0.39, 0.29) is 16.8 Å². The van der Waals surface area contributed by atoms with Crippen molar-refractivity contribution in [2.24, 2.45) is 0 Å². The minimum atomic E-state index is 0. The van der Waals surface area contributed by atoms with Crippen molar-refractivity contribution in [3.63, 3.8) is 0 Å². The maximum atomic E-state index is 5.90. The largest absolute Gasteiger partial charge is 0.339 e. The Morgan fingerprint density at radius 1 is 1.00 bits per heavy atom. The molecule has 0 bridgehead atoms. The zero-order valence-electron chi connectivity index (χ0n) is 7.59. The van der Waals surface area contributed by atoms with Crippen molar-refractivity contribution in [1.29, 1.82) is 0 Å². The van der Waals surface area contributed by atoms with E-state index in [9.17, 15) is 0 Å². The fraction of sp³-hybridized carbons (Fsp3) is 0.0833. The summed E-state index contributed by atoms with van der Waals surface area (Å²) in [5, 5.41) is 3.20. The van der Waals surface area contributed by atoms with Crippen molar-refractivity contribution >= 4 is 22.4 Å². The van der Waals surface area contributed by atoms with E-state index >= 15 is 0 Å². The van der Waals surface area contributed by atoms with Crippen molar-refractivity contribution < 1.29 is 16.8 Å². The van der Waals surface area contributed by atoms with Crippen LogP contribution in [0.4, 0.5) is 0 Å². The van der Waals surface area contributed by atoms with Crippen LogP contribution in [-0.4, -0.2) is 0 Å². The molecule has 0 heterocycles. The van der Waals surface area contributed by atoms with Gasteiger partial charge in [0.1, 0.15) is 0 Å². The molecule has 1 radical (unpaired) electrons. The summed E-state index contributed by atoms with van der Waals surface area (Å²) in [4.78, 5) is 0. The van der Waals surface area contributed by atoms with Gasteiger partial charge in [0.15, 0.2) is 0 Å². The molecule has 2 rings (SSSR count). The average molecular weight is 249 g/mol. The Morgan fingerprint density at radius 3 is 2.43 bits per heavy atom. The third-order valence-electron chi connectivity index (χ3n) is 2.16.